The molecule has 0 aromatic carbocycles. The van der Waals surface area contributed by atoms with Crippen LogP contribution in [-0.4, -0.2) is 31.4 Å². The Bertz CT molecular complexity index is 1090. The van der Waals surface area contributed by atoms with E-state index in [0.29, 0.717) is 29.8 Å². The number of fused-ring (bicyclic) bond motifs is 1. The predicted molar refractivity (Wildman–Crippen MR) is 110 cm³/mol. The molecule has 0 spiro atoms. The van der Waals surface area contributed by atoms with Crippen molar-refractivity contribution in [3.8, 4) is 0 Å². The number of amides is 1. The van der Waals surface area contributed by atoms with Gasteiger partial charge in [-0.1, -0.05) is 19.4 Å². The van der Waals surface area contributed by atoms with Crippen molar-refractivity contribution in [3.63, 3.8) is 0 Å². The average molecular weight is 404 g/mol. The van der Waals surface area contributed by atoms with E-state index in [1.54, 1.807) is 11.6 Å². The Labute approximate surface area is 166 Å². The lowest BCUT2D eigenvalue weighted by Gasteiger charge is -2.13. The number of hydrogen-bond acceptors (Lipinski definition) is 5. The maximum atomic E-state index is 13.2. The van der Waals surface area contributed by atoms with Crippen molar-refractivity contribution in [1.82, 2.24) is 24.2 Å². The van der Waals surface area contributed by atoms with Gasteiger partial charge in [-0.25, -0.2) is 4.79 Å². The number of hydrogen-bond donors (Lipinski definition) is 1. The van der Waals surface area contributed by atoms with Crippen LogP contribution >= 0.6 is 11.3 Å². The maximum Gasteiger partial charge on any atom is 0.332 e. The first kappa shape index (κ1) is 20.1. The van der Waals surface area contributed by atoms with E-state index < -0.39 is 5.69 Å². The van der Waals surface area contributed by atoms with Crippen LogP contribution in [0, 0.1) is 6.92 Å². The number of rotatable bonds is 8. The fourth-order valence-electron chi connectivity index (χ4n) is 3.24. The number of carbonyl (C=O) groups is 1. The molecule has 150 valence electrons. The molecule has 3 aromatic heterocycles. The van der Waals surface area contributed by atoms with Crippen molar-refractivity contribution >= 4 is 28.3 Å². The molecule has 0 saturated heterocycles. The van der Waals surface area contributed by atoms with Crippen LogP contribution in [0.25, 0.3) is 11.0 Å². The predicted octanol–water partition coefficient (Wildman–Crippen LogP) is 1.71. The van der Waals surface area contributed by atoms with E-state index in [1.807, 2.05) is 31.4 Å². The zero-order valence-electron chi connectivity index (χ0n) is 16.4. The summed E-state index contributed by atoms with van der Waals surface area (Å²) in [7, 11) is 0. The van der Waals surface area contributed by atoms with E-state index in [-0.39, 0.29) is 24.6 Å². The van der Waals surface area contributed by atoms with Gasteiger partial charge in [-0.05, 0) is 31.7 Å². The number of carbonyl (C=O) groups excluding carboxylic acids is 1. The van der Waals surface area contributed by atoms with Gasteiger partial charge in [0.15, 0.2) is 5.52 Å². The molecule has 0 saturated carbocycles. The molecule has 3 rings (SSSR count). The number of aromatic nitrogens is 4. The van der Waals surface area contributed by atoms with E-state index in [9.17, 15) is 14.4 Å². The highest BCUT2D eigenvalue weighted by Gasteiger charge is 2.21. The standard InChI is InChI=1S/C19H25N5O3S/c1-4-6-9-20-15(25)12-22-16-13(3)21-24(5-2)17(16)18(26)23(19(22)27)11-14-8-7-10-28-14/h7-8,10H,4-6,9,11-12H2,1-3H3,(H,20,25). The molecule has 0 aliphatic carbocycles. The van der Waals surface area contributed by atoms with Crippen LogP contribution in [0.15, 0.2) is 27.1 Å². The summed E-state index contributed by atoms with van der Waals surface area (Å²) in [5, 5.41) is 9.14. The molecule has 3 aromatic rings. The second kappa shape index (κ2) is 8.55. The number of unbranched alkanes of at least 4 members (excludes halogenated alkanes) is 1. The van der Waals surface area contributed by atoms with Gasteiger partial charge in [0.2, 0.25) is 5.91 Å². The molecule has 0 radical (unpaired) electrons. The lowest BCUT2D eigenvalue weighted by Crippen LogP contribution is -2.43. The first-order valence-corrected chi connectivity index (χ1v) is 10.4. The molecular formula is C19H25N5O3S. The van der Waals surface area contributed by atoms with Crippen LogP contribution in [0.2, 0.25) is 0 Å². The Balaban J connectivity index is 2.15. The van der Waals surface area contributed by atoms with Crippen molar-refractivity contribution in [1.29, 1.82) is 0 Å². The van der Waals surface area contributed by atoms with Gasteiger partial charge < -0.3 is 5.32 Å². The molecule has 28 heavy (non-hydrogen) atoms. The quantitative estimate of drug-likeness (QED) is 0.580. The topological polar surface area (TPSA) is 90.9 Å². The van der Waals surface area contributed by atoms with Crippen molar-refractivity contribution in [2.45, 2.75) is 53.2 Å². The lowest BCUT2D eigenvalue weighted by atomic mass is 10.3. The third-order valence-electron chi connectivity index (χ3n) is 4.62. The van der Waals surface area contributed by atoms with Crippen molar-refractivity contribution < 1.29 is 4.79 Å². The Hall–Kier alpha value is -2.68. The average Bonchev–Trinajstić information content (AvgIpc) is 3.30. The van der Waals surface area contributed by atoms with Crippen molar-refractivity contribution in [2.24, 2.45) is 0 Å². The summed E-state index contributed by atoms with van der Waals surface area (Å²) in [5.41, 5.74) is 0.493. The Morgan fingerprint density at radius 1 is 1.21 bits per heavy atom. The number of nitrogens with one attached hydrogen (secondary N) is 1. The summed E-state index contributed by atoms with van der Waals surface area (Å²) in [6.07, 6.45) is 1.85. The van der Waals surface area contributed by atoms with Gasteiger partial charge in [-0.15, -0.1) is 11.3 Å². The molecular weight excluding hydrogens is 378 g/mol. The fourth-order valence-corrected chi connectivity index (χ4v) is 3.93. The molecule has 1 amide bonds. The highest BCUT2D eigenvalue weighted by Crippen LogP contribution is 2.15. The van der Waals surface area contributed by atoms with Crippen LogP contribution in [0.4, 0.5) is 0 Å². The SMILES string of the molecule is CCCCNC(=O)Cn1c(=O)n(Cc2cccs2)c(=O)c2c1c(C)nn2CC. The minimum atomic E-state index is -0.490. The highest BCUT2D eigenvalue weighted by atomic mass is 32.1. The molecule has 0 atom stereocenters. The van der Waals surface area contributed by atoms with Crippen LogP contribution in [-0.2, 0) is 24.4 Å². The summed E-state index contributed by atoms with van der Waals surface area (Å²) >= 11 is 1.48. The van der Waals surface area contributed by atoms with Crippen LogP contribution in [0.1, 0.15) is 37.3 Å². The molecule has 0 fully saturated rings. The first-order chi connectivity index (χ1) is 13.5. The summed E-state index contributed by atoms with van der Waals surface area (Å²) in [6.45, 7) is 6.79. The maximum absolute atomic E-state index is 13.2. The summed E-state index contributed by atoms with van der Waals surface area (Å²) in [5.74, 6) is -0.248. The van der Waals surface area contributed by atoms with E-state index in [2.05, 4.69) is 10.4 Å². The summed E-state index contributed by atoms with van der Waals surface area (Å²) in [6, 6.07) is 3.76. The van der Waals surface area contributed by atoms with Gasteiger partial charge in [-0.3, -0.25) is 23.4 Å². The van der Waals surface area contributed by atoms with E-state index >= 15 is 0 Å². The molecule has 0 unspecified atom stereocenters. The molecule has 3 heterocycles. The molecule has 0 aliphatic rings. The number of thiophene rings is 1. The minimum absolute atomic E-state index is 0.139. The lowest BCUT2D eigenvalue weighted by molar-refractivity contribution is -0.121. The molecule has 9 heteroatoms. The Morgan fingerprint density at radius 3 is 2.64 bits per heavy atom. The van der Waals surface area contributed by atoms with E-state index in [4.69, 9.17) is 0 Å². The monoisotopic (exact) mass is 403 g/mol. The van der Waals surface area contributed by atoms with Crippen LogP contribution in [0.5, 0.6) is 0 Å². The highest BCUT2D eigenvalue weighted by molar-refractivity contribution is 7.09. The number of nitrogens with zero attached hydrogens (tertiary/aromatic N) is 4. The second-order valence-corrected chi connectivity index (χ2v) is 7.67. The third-order valence-corrected chi connectivity index (χ3v) is 5.48. The van der Waals surface area contributed by atoms with Crippen LogP contribution in [0.3, 0.4) is 0 Å². The molecule has 0 bridgehead atoms. The first-order valence-electron chi connectivity index (χ1n) is 9.47. The molecule has 8 nitrogen and oxygen atoms in total. The zero-order chi connectivity index (χ0) is 20.3. The van der Waals surface area contributed by atoms with E-state index in [0.717, 1.165) is 17.7 Å². The molecule has 0 aliphatic heterocycles. The van der Waals surface area contributed by atoms with Gasteiger partial charge in [0.25, 0.3) is 5.56 Å². The summed E-state index contributed by atoms with van der Waals surface area (Å²) < 4.78 is 4.17. The zero-order valence-corrected chi connectivity index (χ0v) is 17.2. The van der Waals surface area contributed by atoms with E-state index in [1.165, 1.54) is 20.5 Å². The normalized spacial score (nSPS) is 11.2. The largest absolute Gasteiger partial charge is 0.355 e. The second-order valence-electron chi connectivity index (χ2n) is 6.64. The summed E-state index contributed by atoms with van der Waals surface area (Å²) in [4.78, 5) is 39.6. The molecule has 1 N–H and O–H groups in total. The Morgan fingerprint density at radius 2 is 2.00 bits per heavy atom. The van der Waals surface area contributed by atoms with Gasteiger partial charge in [0.1, 0.15) is 12.1 Å². The van der Waals surface area contributed by atoms with Crippen LogP contribution < -0.4 is 16.6 Å². The Kier molecular flexibility index (Phi) is 6.13. The van der Waals surface area contributed by atoms with Gasteiger partial charge >= 0.3 is 5.69 Å². The third kappa shape index (κ3) is 3.80. The minimum Gasteiger partial charge on any atom is -0.355 e. The van der Waals surface area contributed by atoms with Crippen molar-refractivity contribution in [2.75, 3.05) is 6.54 Å². The van der Waals surface area contributed by atoms with Gasteiger partial charge in [0, 0.05) is 18.0 Å². The fraction of sp³-hybridized carbons (Fsp3) is 0.474. The number of aryl methyl sites for hydroxylation is 2. The smallest absolute Gasteiger partial charge is 0.332 e. The van der Waals surface area contributed by atoms with Crippen molar-refractivity contribution in [3.05, 3.63) is 48.9 Å². The van der Waals surface area contributed by atoms with Gasteiger partial charge in [-0.2, -0.15) is 5.10 Å². The van der Waals surface area contributed by atoms with Gasteiger partial charge in [0.05, 0.1) is 12.2 Å².